The van der Waals surface area contributed by atoms with Crippen LogP contribution < -0.4 is 14.8 Å². The first-order chi connectivity index (χ1) is 13.7. The van der Waals surface area contributed by atoms with Gasteiger partial charge in [0, 0.05) is 13.1 Å². The second-order valence-electron chi connectivity index (χ2n) is 8.35. The Morgan fingerprint density at radius 3 is 2.64 bits per heavy atom. The van der Waals surface area contributed by atoms with E-state index < -0.39 is 0 Å². The number of amides is 1. The molecule has 1 atom stereocenters. The van der Waals surface area contributed by atoms with E-state index in [2.05, 4.69) is 10.2 Å². The molecule has 0 unspecified atom stereocenters. The van der Waals surface area contributed by atoms with Crippen molar-refractivity contribution in [2.45, 2.75) is 51.4 Å². The van der Waals surface area contributed by atoms with Crippen molar-refractivity contribution in [1.29, 1.82) is 0 Å². The predicted octanol–water partition coefficient (Wildman–Crippen LogP) is 4.12. The van der Waals surface area contributed by atoms with Gasteiger partial charge in [-0.05, 0) is 62.7 Å². The molecule has 2 aliphatic rings. The molecule has 1 heterocycles. The van der Waals surface area contributed by atoms with E-state index in [1.165, 1.54) is 64.5 Å². The van der Waals surface area contributed by atoms with E-state index in [1.54, 1.807) is 26.4 Å². The first kappa shape index (κ1) is 21.0. The maximum absolute atomic E-state index is 12.7. The number of nitrogens with zero attached hydrogens (tertiary/aromatic N) is 1. The Hall–Kier alpha value is -1.75. The van der Waals surface area contributed by atoms with E-state index >= 15 is 0 Å². The van der Waals surface area contributed by atoms with Crippen LogP contribution in [0.4, 0.5) is 0 Å². The Morgan fingerprint density at radius 2 is 1.89 bits per heavy atom. The molecule has 1 aromatic carbocycles. The molecule has 1 aromatic rings. The molecule has 0 spiro atoms. The fraction of sp³-hybridized carbons (Fsp3) is 0.696. The summed E-state index contributed by atoms with van der Waals surface area (Å²) in [4.78, 5) is 15.3. The van der Waals surface area contributed by atoms with Crippen molar-refractivity contribution in [3.63, 3.8) is 0 Å². The van der Waals surface area contributed by atoms with Gasteiger partial charge in [-0.25, -0.2) is 0 Å². The van der Waals surface area contributed by atoms with Crippen molar-refractivity contribution in [3.8, 4) is 11.5 Å². The molecule has 28 heavy (non-hydrogen) atoms. The molecule has 5 nitrogen and oxygen atoms in total. The average Bonchev–Trinajstić information content (AvgIpc) is 3.25. The van der Waals surface area contributed by atoms with Crippen LogP contribution in [0.15, 0.2) is 18.2 Å². The number of likely N-dealkylation sites (tertiary alicyclic amines) is 1. The minimum absolute atomic E-state index is 0.0888. The van der Waals surface area contributed by atoms with Crippen molar-refractivity contribution >= 4 is 5.91 Å². The molecule has 2 fully saturated rings. The molecule has 0 radical (unpaired) electrons. The summed E-state index contributed by atoms with van der Waals surface area (Å²) in [6.45, 7) is 4.24. The van der Waals surface area contributed by atoms with Crippen molar-refractivity contribution in [1.82, 2.24) is 10.2 Å². The van der Waals surface area contributed by atoms with Gasteiger partial charge in [-0.2, -0.15) is 0 Å². The van der Waals surface area contributed by atoms with Crippen LogP contribution in [0.25, 0.3) is 0 Å². The monoisotopic (exact) mass is 388 g/mol. The lowest BCUT2D eigenvalue weighted by molar-refractivity contribution is 0.0928. The van der Waals surface area contributed by atoms with E-state index in [1.807, 2.05) is 6.07 Å². The molecule has 0 bridgehead atoms. The molecule has 3 rings (SSSR count). The zero-order chi connectivity index (χ0) is 19.8. The summed E-state index contributed by atoms with van der Waals surface area (Å²) in [6.07, 6.45) is 10.9. The number of ether oxygens (including phenoxy) is 2. The van der Waals surface area contributed by atoms with Crippen molar-refractivity contribution in [3.05, 3.63) is 23.8 Å². The Balaban J connectivity index is 1.44. The van der Waals surface area contributed by atoms with E-state index in [4.69, 9.17) is 9.47 Å². The van der Waals surface area contributed by atoms with E-state index in [-0.39, 0.29) is 5.91 Å². The standard InChI is InChI=1S/C23H36N2O3/c1-27-21-13-5-12-20(22(21)28-2)23(26)24-16-19-11-7-15-25(17-19)14-6-10-18-8-3-4-9-18/h5,12-13,18-19H,3-4,6-11,14-17H2,1-2H3,(H,24,26)/t19-/m0/s1. The molecule has 1 saturated carbocycles. The van der Waals surface area contributed by atoms with Gasteiger partial charge in [0.15, 0.2) is 11.5 Å². The maximum Gasteiger partial charge on any atom is 0.255 e. The van der Waals surface area contributed by atoms with Crippen LogP contribution in [0.3, 0.4) is 0 Å². The Morgan fingerprint density at radius 1 is 1.11 bits per heavy atom. The molecule has 156 valence electrons. The number of para-hydroxylation sites is 1. The number of nitrogens with one attached hydrogen (secondary N) is 1. The first-order valence-electron chi connectivity index (χ1n) is 10.9. The highest BCUT2D eigenvalue weighted by atomic mass is 16.5. The van der Waals surface area contributed by atoms with Gasteiger partial charge in [0.1, 0.15) is 0 Å². The number of piperidine rings is 1. The molecule has 1 saturated heterocycles. The lowest BCUT2D eigenvalue weighted by Crippen LogP contribution is -2.41. The largest absolute Gasteiger partial charge is 0.493 e. The number of carbonyl (C=O) groups is 1. The van der Waals surface area contributed by atoms with Crippen molar-refractivity contribution in [2.24, 2.45) is 11.8 Å². The first-order valence-corrected chi connectivity index (χ1v) is 10.9. The summed E-state index contributed by atoms with van der Waals surface area (Å²) in [5.41, 5.74) is 0.533. The topological polar surface area (TPSA) is 50.8 Å². The minimum Gasteiger partial charge on any atom is -0.493 e. The summed E-state index contributed by atoms with van der Waals surface area (Å²) in [6, 6.07) is 5.41. The second kappa shape index (κ2) is 10.7. The lowest BCUT2D eigenvalue weighted by Gasteiger charge is -2.33. The van der Waals surface area contributed by atoms with Gasteiger partial charge in [-0.1, -0.05) is 31.7 Å². The molecular formula is C23H36N2O3. The lowest BCUT2D eigenvalue weighted by atomic mass is 9.96. The highest BCUT2D eigenvalue weighted by molar-refractivity contribution is 5.97. The number of carbonyl (C=O) groups excluding carboxylic acids is 1. The van der Waals surface area contributed by atoms with E-state index in [9.17, 15) is 4.79 Å². The normalized spacial score (nSPS) is 20.9. The maximum atomic E-state index is 12.7. The van der Waals surface area contributed by atoms with Gasteiger partial charge < -0.3 is 19.7 Å². The van der Waals surface area contributed by atoms with Crippen molar-refractivity contribution < 1.29 is 14.3 Å². The van der Waals surface area contributed by atoms with Crippen LogP contribution in [0.1, 0.15) is 61.7 Å². The van der Waals surface area contributed by atoms with Crippen LogP contribution in [-0.2, 0) is 0 Å². The number of hydrogen-bond donors (Lipinski definition) is 1. The molecule has 1 N–H and O–H groups in total. The van der Waals surface area contributed by atoms with Crippen LogP contribution in [0.5, 0.6) is 11.5 Å². The van der Waals surface area contributed by atoms with Gasteiger partial charge >= 0.3 is 0 Å². The number of rotatable bonds is 9. The quantitative estimate of drug-likeness (QED) is 0.691. The summed E-state index contributed by atoms with van der Waals surface area (Å²) in [7, 11) is 3.15. The Labute approximate surface area is 169 Å². The molecule has 1 amide bonds. The summed E-state index contributed by atoms with van der Waals surface area (Å²) in [5, 5.41) is 3.11. The van der Waals surface area contributed by atoms with Gasteiger partial charge in [-0.15, -0.1) is 0 Å². The van der Waals surface area contributed by atoms with Gasteiger partial charge in [0.2, 0.25) is 0 Å². The fourth-order valence-electron chi connectivity index (χ4n) is 4.82. The van der Waals surface area contributed by atoms with Crippen LogP contribution in [0.2, 0.25) is 0 Å². The van der Waals surface area contributed by atoms with Crippen LogP contribution in [0, 0.1) is 11.8 Å². The molecule has 1 aliphatic heterocycles. The zero-order valence-electron chi connectivity index (χ0n) is 17.5. The van der Waals surface area contributed by atoms with Crippen LogP contribution >= 0.6 is 0 Å². The third kappa shape index (κ3) is 5.63. The van der Waals surface area contributed by atoms with Gasteiger partial charge in [0.05, 0.1) is 19.8 Å². The summed E-state index contributed by atoms with van der Waals surface area (Å²) >= 11 is 0. The van der Waals surface area contributed by atoms with Crippen LogP contribution in [-0.4, -0.2) is 51.2 Å². The summed E-state index contributed by atoms with van der Waals surface area (Å²) in [5.74, 6) is 2.51. The fourth-order valence-corrected chi connectivity index (χ4v) is 4.82. The average molecular weight is 389 g/mol. The molecule has 5 heteroatoms. The minimum atomic E-state index is -0.0888. The SMILES string of the molecule is COc1cccc(C(=O)NC[C@@H]2CCCN(CCCC3CCCC3)C2)c1OC. The Bertz CT molecular complexity index is 628. The Kier molecular flexibility index (Phi) is 8.01. The molecular weight excluding hydrogens is 352 g/mol. The summed E-state index contributed by atoms with van der Waals surface area (Å²) < 4.78 is 10.7. The highest BCUT2D eigenvalue weighted by Crippen LogP contribution is 2.31. The molecule has 0 aromatic heterocycles. The zero-order valence-corrected chi connectivity index (χ0v) is 17.5. The number of benzene rings is 1. The van der Waals surface area contributed by atoms with Crippen molar-refractivity contribution in [2.75, 3.05) is 40.4 Å². The second-order valence-corrected chi connectivity index (χ2v) is 8.35. The highest BCUT2D eigenvalue weighted by Gasteiger charge is 2.22. The third-order valence-electron chi connectivity index (χ3n) is 6.36. The third-order valence-corrected chi connectivity index (χ3v) is 6.36. The smallest absolute Gasteiger partial charge is 0.255 e. The molecule has 1 aliphatic carbocycles. The van der Waals surface area contributed by atoms with Gasteiger partial charge in [-0.3, -0.25) is 4.79 Å². The van der Waals surface area contributed by atoms with Gasteiger partial charge in [0.25, 0.3) is 5.91 Å². The van der Waals surface area contributed by atoms with E-state index in [0.29, 0.717) is 23.0 Å². The predicted molar refractivity (Wildman–Crippen MR) is 112 cm³/mol. The number of hydrogen-bond acceptors (Lipinski definition) is 4. The van der Waals surface area contributed by atoms with E-state index in [0.717, 1.165) is 19.0 Å². The number of methoxy groups -OCH3 is 2.